The van der Waals surface area contributed by atoms with E-state index < -0.39 is 67.5 Å². The van der Waals surface area contributed by atoms with E-state index in [4.69, 9.17) is 23.7 Å². The van der Waals surface area contributed by atoms with Crippen molar-refractivity contribution in [2.75, 3.05) is 0 Å². The van der Waals surface area contributed by atoms with Crippen LogP contribution in [0.2, 0.25) is 0 Å². The summed E-state index contributed by atoms with van der Waals surface area (Å²) in [5.41, 5.74) is -3.86. The van der Waals surface area contributed by atoms with Gasteiger partial charge in [0.15, 0.2) is 34.3 Å². The van der Waals surface area contributed by atoms with E-state index in [1.54, 1.807) is 12.1 Å². The summed E-state index contributed by atoms with van der Waals surface area (Å²) in [6.07, 6.45) is 0. The molecule has 12 heteroatoms. The van der Waals surface area contributed by atoms with Gasteiger partial charge in [-0.05, 0) is 0 Å². The van der Waals surface area contributed by atoms with Crippen molar-refractivity contribution in [1.82, 2.24) is 19.1 Å². The normalized spacial score (nSPS) is 10.7. The molecule has 0 aliphatic rings. The molecule has 0 aliphatic carbocycles. The molecular weight excluding hydrogens is 428 g/mol. The SMILES string of the molecule is [C-]#[N+]C([N+]#[C-])=c1nc2c(F)c3c(F)c4c(nc(=C(C#N)C#N)n4C)c(F)c3c(F)c2n1C. The second-order valence-corrected chi connectivity index (χ2v) is 6.54. The summed E-state index contributed by atoms with van der Waals surface area (Å²) in [7, 11) is 2.38. The molecule has 32 heavy (non-hydrogen) atoms. The summed E-state index contributed by atoms with van der Waals surface area (Å²) in [6.45, 7) is 14.1. The maximum Gasteiger partial charge on any atom is 0.562 e. The van der Waals surface area contributed by atoms with E-state index in [1.165, 1.54) is 14.1 Å². The van der Waals surface area contributed by atoms with E-state index >= 15 is 17.6 Å². The van der Waals surface area contributed by atoms with Crippen LogP contribution in [0.5, 0.6) is 0 Å². The average Bonchev–Trinajstić information content (AvgIpc) is 3.30. The van der Waals surface area contributed by atoms with E-state index in [-0.39, 0.29) is 11.0 Å². The Morgan fingerprint density at radius 1 is 0.781 bits per heavy atom. The van der Waals surface area contributed by atoms with Gasteiger partial charge >= 0.3 is 5.82 Å². The van der Waals surface area contributed by atoms with E-state index in [1.807, 2.05) is 0 Å². The van der Waals surface area contributed by atoms with Crippen molar-refractivity contribution in [2.24, 2.45) is 14.1 Å². The number of rotatable bonds is 0. The predicted octanol–water partition coefficient (Wildman–Crippen LogP) is 2.27. The molecule has 0 amide bonds. The molecule has 0 bridgehead atoms. The van der Waals surface area contributed by atoms with Crippen LogP contribution in [0, 0.1) is 59.1 Å². The Labute approximate surface area is 175 Å². The summed E-state index contributed by atoms with van der Waals surface area (Å²) in [4.78, 5) is 13.5. The minimum atomic E-state index is -1.41. The van der Waals surface area contributed by atoms with Gasteiger partial charge in [0.2, 0.25) is 5.48 Å². The quantitative estimate of drug-likeness (QED) is 0.314. The molecule has 0 aliphatic heterocycles. The summed E-state index contributed by atoms with van der Waals surface area (Å²) >= 11 is 0. The minimum Gasteiger partial charge on any atom is -0.327 e. The zero-order chi connectivity index (χ0) is 23.5. The fraction of sp³-hybridized carbons (Fsp3) is 0.100. The molecular formula is C20H6F4N8. The van der Waals surface area contributed by atoms with Crippen LogP contribution in [0.15, 0.2) is 0 Å². The lowest BCUT2D eigenvalue weighted by Crippen LogP contribution is -2.18. The van der Waals surface area contributed by atoms with Crippen LogP contribution >= 0.6 is 0 Å². The largest absolute Gasteiger partial charge is 0.562 e. The number of fused-ring (bicyclic) bond motifs is 3. The van der Waals surface area contributed by atoms with Gasteiger partial charge in [0, 0.05) is 14.1 Å². The standard InChI is InChI=1S/C20H6F4N8/c1-27-18(28-2)20-30-15-11(22)9-8(13(24)17(15)32(20)4)10(21)14-16(12(9)23)31(3)19(29-14)7(5-25)6-26/h3-4H3. The number of aryl methyl sites for hydroxylation is 2. The Bertz CT molecular complexity index is 1660. The number of imidazole rings is 2. The van der Waals surface area contributed by atoms with Crippen LogP contribution in [0.25, 0.3) is 53.9 Å². The molecule has 0 saturated carbocycles. The van der Waals surface area contributed by atoms with Gasteiger partial charge in [0.05, 0.1) is 10.8 Å². The molecule has 4 rings (SSSR count). The molecule has 2 aromatic carbocycles. The Balaban J connectivity index is 2.40. The van der Waals surface area contributed by atoms with Crippen molar-refractivity contribution in [3.8, 4) is 12.1 Å². The van der Waals surface area contributed by atoms with Crippen LogP contribution < -0.4 is 11.0 Å². The van der Waals surface area contributed by atoms with Gasteiger partial charge in [0.25, 0.3) is 0 Å². The lowest BCUT2D eigenvalue weighted by Gasteiger charge is -2.09. The maximum atomic E-state index is 15.4. The highest BCUT2D eigenvalue weighted by Gasteiger charge is 2.29. The molecule has 0 N–H and O–H groups in total. The molecule has 4 aromatic rings. The van der Waals surface area contributed by atoms with Crippen molar-refractivity contribution in [2.45, 2.75) is 0 Å². The lowest BCUT2D eigenvalue weighted by molar-refractivity contribution is 0.591. The topological polar surface area (TPSA) is 91.9 Å². The summed E-state index contributed by atoms with van der Waals surface area (Å²) in [6, 6.07) is 3.09. The van der Waals surface area contributed by atoms with Crippen molar-refractivity contribution >= 4 is 44.2 Å². The van der Waals surface area contributed by atoms with Crippen LogP contribution in [0.3, 0.4) is 0 Å². The second-order valence-electron chi connectivity index (χ2n) is 6.54. The molecule has 0 atom stereocenters. The fourth-order valence-corrected chi connectivity index (χ4v) is 3.58. The Hall–Kier alpha value is -4.94. The third-order valence-corrected chi connectivity index (χ3v) is 5.01. The zero-order valence-electron chi connectivity index (χ0n) is 16.1. The van der Waals surface area contributed by atoms with E-state index in [0.717, 1.165) is 9.13 Å². The molecule has 0 fully saturated rings. The zero-order valence-corrected chi connectivity index (χ0v) is 16.1. The fourth-order valence-electron chi connectivity index (χ4n) is 3.58. The van der Waals surface area contributed by atoms with Gasteiger partial charge in [0.1, 0.15) is 47.3 Å². The first-order valence-corrected chi connectivity index (χ1v) is 8.53. The van der Waals surface area contributed by atoms with Gasteiger partial charge in [-0.15, -0.1) is 0 Å². The number of halogens is 4. The number of hydrogen-bond acceptors (Lipinski definition) is 4. The summed E-state index contributed by atoms with van der Waals surface area (Å²) < 4.78 is 63.3. The Morgan fingerprint density at radius 3 is 1.59 bits per heavy atom. The molecule has 8 nitrogen and oxygen atoms in total. The van der Waals surface area contributed by atoms with E-state index in [2.05, 4.69) is 19.7 Å². The summed E-state index contributed by atoms with van der Waals surface area (Å²) in [5.74, 6) is -6.15. The highest BCUT2D eigenvalue weighted by molar-refractivity contribution is 6.04. The number of aromatic nitrogens is 4. The third kappa shape index (κ3) is 2.32. The molecule has 154 valence electrons. The molecule has 2 aromatic heterocycles. The molecule has 0 spiro atoms. The van der Waals surface area contributed by atoms with Gasteiger partial charge in [-0.2, -0.15) is 20.2 Å². The highest BCUT2D eigenvalue weighted by Crippen LogP contribution is 2.36. The predicted molar refractivity (Wildman–Crippen MR) is 103 cm³/mol. The number of hydrogen-bond donors (Lipinski definition) is 0. The monoisotopic (exact) mass is 434 g/mol. The third-order valence-electron chi connectivity index (χ3n) is 5.01. The molecule has 0 saturated heterocycles. The van der Waals surface area contributed by atoms with Crippen LogP contribution in [0.1, 0.15) is 0 Å². The highest BCUT2D eigenvalue weighted by atomic mass is 19.1. The van der Waals surface area contributed by atoms with Gasteiger partial charge in [-0.25, -0.2) is 27.5 Å². The van der Waals surface area contributed by atoms with Crippen LogP contribution in [0.4, 0.5) is 17.6 Å². The van der Waals surface area contributed by atoms with E-state index in [9.17, 15) is 0 Å². The summed E-state index contributed by atoms with van der Waals surface area (Å²) in [5, 5.41) is 16.0. The van der Waals surface area contributed by atoms with Crippen molar-refractivity contribution in [3.63, 3.8) is 0 Å². The van der Waals surface area contributed by atoms with Crippen molar-refractivity contribution < 1.29 is 17.6 Å². The Kier molecular flexibility index (Phi) is 4.32. The van der Waals surface area contributed by atoms with Crippen LogP contribution in [-0.4, -0.2) is 19.1 Å². The van der Waals surface area contributed by atoms with Gasteiger partial charge < -0.3 is 9.13 Å². The molecule has 0 unspecified atom stereocenters. The number of nitrogens with zero attached hydrogens (tertiary/aromatic N) is 8. The van der Waals surface area contributed by atoms with E-state index in [0.29, 0.717) is 0 Å². The first-order chi connectivity index (χ1) is 15.2. The molecule has 0 radical (unpaired) electrons. The Morgan fingerprint density at radius 2 is 1.19 bits per heavy atom. The number of nitriles is 2. The average molecular weight is 434 g/mol. The van der Waals surface area contributed by atoms with Crippen LogP contribution in [-0.2, 0) is 14.1 Å². The van der Waals surface area contributed by atoms with Crippen molar-refractivity contribution in [3.05, 3.63) is 57.1 Å². The molecule has 2 heterocycles. The van der Waals surface area contributed by atoms with Gasteiger partial charge in [-0.3, -0.25) is 0 Å². The van der Waals surface area contributed by atoms with Crippen molar-refractivity contribution in [1.29, 1.82) is 10.5 Å². The number of benzene rings is 2. The minimum absolute atomic E-state index is 0.369. The lowest BCUT2D eigenvalue weighted by atomic mass is 10.0. The first-order valence-electron chi connectivity index (χ1n) is 8.53. The second kappa shape index (κ2) is 6.80. The first kappa shape index (κ1) is 20.3. The smallest absolute Gasteiger partial charge is 0.327 e. The van der Waals surface area contributed by atoms with Gasteiger partial charge in [-0.1, -0.05) is 0 Å². The maximum absolute atomic E-state index is 15.4.